The number of rotatable bonds is 3. The van der Waals surface area contributed by atoms with Crippen molar-refractivity contribution in [3.8, 4) is 0 Å². The lowest BCUT2D eigenvalue weighted by molar-refractivity contribution is -0.122. The fourth-order valence-electron chi connectivity index (χ4n) is 3.31. The van der Waals surface area contributed by atoms with E-state index in [1.165, 1.54) is 0 Å². The molecule has 1 aliphatic carbocycles. The molecule has 2 fully saturated rings. The Bertz CT molecular complexity index is 588. The molecule has 1 heterocycles. The molecule has 1 saturated carbocycles. The van der Waals surface area contributed by atoms with Crippen LogP contribution in [0.3, 0.4) is 0 Å². The van der Waals surface area contributed by atoms with Gasteiger partial charge in [-0.05, 0) is 37.1 Å². The van der Waals surface area contributed by atoms with E-state index in [1.54, 1.807) is 29.2 Å². The predicted molar refractivity (Wildman–Crippen MR) is 91.8 cm³/mol. The van der Waals surface area contributed by atoms with E-state index in [1.807, 2.05) is 0 Å². The molecule has 6 nitrogen and oxygen atoms in total. The largest absolute Gasteiger partial charge is 0.378 e. The van der Waals surface area contributed by atoms with Gasteiger partial charge in [0.05, 0.1) is 18.8 Å². The third kappa shape index (κ3) is 3.76. The molecule has 6 heteroatoms. The number of nitrogens with two attached hydrogens (primary N) is 1. The van der Waals surface area contributed by atoms with Crippen LogP contribution in [-0.4, -0.2) is 48.6 Å². The molecule has 1 aromatic carbocycles. The first-order valence-electron chi connectivity index (χ1n) is 8.66. The summed E-state index contributed by atoms with van der Waals surface area (Å²) in [6.07, 6.45) is 4.59. The highest BCUT2D eigenvalue weighted by molar-refractivity contribution is 5.99. The summed E-state index contributed by atoms with van der Waals surface area (Å²) in [5.74, 6) is -0.131. The molecular formula is C18H25N3O3. The van der Waals surface area contributed by atoms with Crippen LogP contribution in [-0.2, 0) is 9.53 Å². The summed E-state index contributed by atoms with van der Waals surface area (Å²) in [7, 11) is 0. The Morgan fingerprint density at radius 1 is 1.04 bits per heavy atom. The van der Waals surface area contributed by atoms with Gasteiger partial charge in [-0.15, -0.1) is 0 Å². The number of hydrogen-bond donors (Lipinski definition) is 2. The van der Waals surface area contributed by atoms with Crippen molar-refractivity contribution >= 4 is 17.5 Å². The van der Waals surface area contributed by atoms with E-state index in [2.05, 4.69) is 5.32 Å². The molecule has 2 aliphatic rings. The zero-order valence-electron chi connectivity index (χ0n) is 13.9. The van der Waals surface area contributed by atoms with Crippen molar-refractivity contribution in [3.63, 3.8) is 0 Å². The first-order valence-corrected chi connectivity index (χ1v) is 8.66. The zero-order valence-corrected chi connectivity index (χ0v) is 13.9. The van der Waals surface area contributed by atoms with Gasteiger partial charge < -0.3 is 20.7 Å². The molecule has 0 unspecified atom stereocenters. The van der Waals surface area contributed by atoms with E-state index < -0.39 is 5.54 Å². The lowest BCUT2D eigenvalue weighted by atomic mass is 9.82. The number of anilines is 1. The molecule has 1 aromatic rings. The van der Waals surface area contributed by atoms with E-state index >= 15 is 0 Å². The SMILES string of the molecule is NC1(C(=O)Nc2ccc(C(=O)N3CCOCC3)cc2)CCCCC1. The van der Waals surface area contributed by atoms with Gasteiger partial charge in [0.25, 0.3) is 5.91 Å². The van der Waals surface area contributed by atoms with Crippen LogP contribution in [0.4, 0.5) is 5.69 Å². The monoisotopic (exact) mass is 331 g/mol. The van der Waals surface area contributed by atoms with Crippen LogP contribution < -0.4 is 11.1 Å². The molecule has 3 rings (SSSR count). The van der Waals surface area contributed by atoms with Crippen molar-refractivity contribution in [3.05, 3.63) is 29.8 Å². The first kappa shape index (κ1) is 16.9. The summed E-state index contributed by atoms with van der Waals surface area (Å²) in [6.45, 7) is 2.40. The highest BCUT2D eigenvalue weighted by Gasteiger charge is 2.35. The molecule has 0 aromatic heterocycles. The second-order valence-electron chi connectivity index (χ2n) is 6.65. The van der Waals surface area contributed by atoms with E-state index in [0.29, 0.717) is 37.6 Å². The average Bonchev–Trinajstić information content (AvgIpc) is 2.63. The fourth-order valence-corrected chi connectivity index (χ4v) is 3.31. The number of amides is 2. The molecular weight excluding hydrogens is 306 g/mol. The second-order valence-corrected chi connectivity index (χ2v) is 6.65. The van der Waals surface area contributed by atoms with Crippen molar-refractivity contribution in [1.82, 2.24) is 4.90 Å². The highest BCUT2D eigenvalue weighted by atomic mass is 16.5. The third-order valence-electron chi connectivity index (χ3n) is 4.89. The second kappa shape index (κ2) is 7.32. The van der Waals surface area contributed by atoms with Crippen LogP contribution in [0, 0.1) is 0 Å². The van der Waals surface area contributed by atoms with Crippen LogP contribution in [0.5, 0.6) is 0 Å². The van der Waals surface area contributed by atoms with E-state index in [4.69, 9.17) is 10.5 Å². The van der Waals surface area contributed by atoms with Gasteiger partial charge >= 0.3 is 0 Å². The Labute approximate surface area is 142 Å². The van der Waals surface area contributed by atoms with E-state index in [-0.39, 0.29) is 11.8 Å². The van der Waals surface area contributed by atoms with Crippen molar-refractivity contribution < 1.29 is 14.3 Å². The summed E-state index contributed by atoms with van der Waals surface area (Å²) in [4.78, 5) is 26.6. The Morgan fingerprint density at radius 3 is 2.29 bits per heavy atom. The quantitative estimate of drug-likeness (QED) is 0.884. The van der Waals surface area contributed by atoms with Gasteiger partial charge in [0.2, 0.25) is 5.91 Å². The maximum Gasteiger partial charge on any atom is 0.254 e. The first-order chi connectivity index (χ1) is 11.6. The topological polar surface area (TPSA) is 84.7 Å². The number of ether oxygens (including phenoxy) is 1. The average molecular weight is 331 g/mol. The van der Waals surface area contributed by atoms with Crippen LogP contribution >= 0.6 is 0 Å². The van der Waals surface area contributed by atoms with Gasteiger partial charge in [0.15, 0.2) is 0 Å². The van der Waals surface area contributed by atoms with Gasteiger partial charge in [0, 0.05) is 24.3 Å². The van der Waals surface area contributed by atoms with Gasteiger partial charge in [0.1, 0.15) is 0 Å². The highest BCUT2D eigenvalue weighted by Crippen LogP contribution is 2.27. The minimum Gasteiger partial charge on any atom is -0.378 e. The van der Waals surface area contributed by atoms with Gasteiger partial charge in [-0.3, -0.25) is 9.59 Å². The molecule has 0 bridgehead atoms. The van der Waals surface area contributed by atoms with Crippen LogP contribution in [0.15, 0.2) is 24.3 Å². The molecule has 1 aliphatic heterocycles. The number of benzene rings is 1. The van der Waals surface area contributed by atoms with Crippen LogP contribution in [0.25, 0.3) is 0 Å². The molecule has 0 spiro atoms. The van der Waals surface area contributed by atoms with Gasteiger partial charge in [-0.1, -0.05) is 19.3 Å². The summed E-state index contributed by atoms with van der Waals surface area (Å²) >= 11 is 0. The number of nitrogens with one attached hydrogen (secondary N) is 1. The maximum absolute atomic E-state index is 12.4. The van der Waals surface area contributed by atoms with Crippen molar-refractivity contribution in [2.45, 2.75) is 37.6 Å². The summed E-state index contributed by atoms with van der Waals surface area (Å²) < 4.78 is 5.26. The van der Waals surface area contributed by atoms with Crippen molar-refractivity contribution in [2.75, 3.05) is 31.6 Å². The molecule has 1 saturated heterocycles. The lowest BCUT2D eigenvalue weighted by Gasteiger charge is -2.31. The van der Waals surface area contributed by atoms with Crippen molar-refractivity contribution in [1.29, 1.82) is 0 Å². The third-order valence-corrected chi connectivity index (χ3v) is 4.89. The predicted octanol–water partition coefficient (Wildman–Crippen LogP) is 1.76. The fraction of sp³-hybridized carbons (Fsp3) is 0.556. The molecule has 0 radical (unpaired) electrons. The Hall–Kier alpha value is -1.92. The number of hydrogen-bond acceptors (Lipinski definition) is 4. The van der Waals surface area contributed by atoms with E-state index in [0.717, 1.165) is 32.1 Å². The van der Waals surface area contributed by atoms with Crippen LogP contribution in [0.1, 0.15) is 42.5 Å². The Morgan fingerprint density at radius 2 is 1.67 bits per heavy atom. The molecule has 24 heavy (non-hydrogen) atoms. The number of carbonyl (C=O) groups excluding carboxylic acids is 2. The molecule has 130 valence electrons. The molecule has 2 amide bonds. The van der Waals surface area contributed by atoms with E-state index in [9.17, 15) is 9.59 Å². The van der Waals surface area contributed by atoms with Crippen LogP contribution in [0.2, 0.25) is 0 Å². The standard InChI is InChI=1S/C18H25N3O3/c19-18(8-2-1-3-9-18)17(23)20-15-6-4-14(5-7-15)16(22)21-10-12-24-13-11-21/h4-7H,1-3,8-13,19H2,(H,20,23). The number of nitrogens with zero attached hydrogens (tertiary/aromatic N) is 1. The molecule has 3 N–H and O–H groups in total. The van der Waals surface area contributed by atoms with Gasteiger partial charge in [-0.2, -0.15) is 0 Å². The minimum atomic E-state index is -0.763. The summed E-state index contributed by atoms with van der Waals surface area (Å²) in [5, 5.41) is 2.89. The minimum absolute atomic E-state index is 0.00116. The molecule has 0 atom stereocenters. The smallest absolute Gasteiger partial charge is 0.254 e. The normalized spacial score (nSPS) is 20.5. The zero-order chi connectivity index (χ0) is 17.0. The summed E-state index contributed by atoms with van der Waals surface area (Å²) in [6, 6.07) is 7.02. The Balaban J connectivity index is 1.61. The van der Waals surface area contributed by atoms with Gasteiger partial charge in [-0.25, -0.2) is 0 Å². The Kier molecular flexibility index (Phi) is 5.16. The number of morpholine rings is 1. The van der Waals surface area contributed by atoms with Crippen molar-refractivity contribution in [2.24, 2.45) is 5.73 Å². The summed E-state index contributed by atoms with van der Waals surface area (Å²) in [5.41, 5.74) is 6.77. The lowest BCUT2D eigenvalue weighted by Crippen LogP contribution is -2.52. The number of carbonyl (C=O) groups is 2. The maximum atomic E-state index is 12.4.